The highest BCUT2D eigenvalue weighted by molar-refractivity contribution is 6.01. The van der Waals surface area contributed by atoms with Gasteiger partial charge in [0.15, 0.2) is 0 Å². The molecule has 0 saturated carbocycles. The fourth-order valence-electron chi connectivity index (χ4n) is 3.78. The molecule has 2 aromatic carbocycles. The van der Waals surface area contributed by atoms with Gasteiger partial charge < -0.3 is 14.4 Å². The van der Waals surface area contributed by atoms with Gasteiger partial charge in [0.2, 0.25) is 0 Å². The summed E-state index contributed by atoms with van der Waals surface area (Å²) in [5.41, 5.74) is 0.500. The maximum atomic E-state index is 13.2. The van der Waals surface area contributed by atoms with E-state index in [2.05, 4.69) is 0 Å². The fraction of sp³-hybridized carbons (Fsp3) is 0.381. The number of rotatable bonds is 2. The van der Waals surface area contributed by atoms with Gasteiger partial charge in [-0.3, -0.25) is 4.79 Å². The van der Waals surface area contributed by atoms with E-state index in [9.17, 15) is 18.0 Å². The van der Waals surface area contributed by atoms with Crippen molar-refractivity contribution in [3.05, 3.63) is 59.7 Å². The van der Waals surface area contributed by atoms with Crippen LogP contribution >= 0.6 is 0 Å². The van der Waals surface area contributed by atoms with Gasteiger partial charge in [-0.1, -0.05) is 30.3 Å². The summed E-state index contributed by atoms with van der Waals surface area (Å²) in [6.07, 6.45) is -3.64. The van der Waals surface area contributed by atoms with Crippen molar-refractivity contribution in [1.82, 2.24) is 4.90 Å². The molecule has 1 spiro atoms. The SMILES string of the molecule is O=C(c1ccccc1-c1ccc(C(F)(F)F)cc1)N1CCOC2(CCOC2)C1. The first-order valence-electron chi connectivity index (χ1n) is 9.16. The normalized spacial score (nSPS) is 22.6. The van der Waals surface area contributed by atoms with Crippen LogP contribution in [-0.4, -0.2) is 49.3 Å². The minimum Gasteiger partial charge on any atom is -0.378 e. The molecule has 1 atom stereocenters. The molecule has 0 aromatic heterocycles. The van der Waals surface area contributed by atoms with E-state index in [0.29, 0.717) is 49.6 Å². The summed E-state index contributed by atoms with van der Waals surface area (Å²) in [5.74, 6) is -0.148. The van der Waals surface area contributed by atoms with Crippen LogP contribution in [0.4, 0.5) is 13.2 Å². The highest BCUT2D eigenvalue weighted by Gasteiger charge is 2.42. The summed E-state index contributed by atoms with van der Waals surface area (Å²) in [7, 11) is 0. The molecule has 1 amide bonds. The lowest BCUT2D eigenvalue weighted by Crippen LogP contribution is -2.54. The molecule has 2 aromatic rings. The number of morpholine rings is 1. The molecule has 4 rings (SSSR count). The van der Waals surface area contributed by atoms with Crippen LogP contribution in [0.15, 0.2) is 48.5 Å². The number of hydrogen-bond donors (Lipinski definition) is 0. The minimum absolute atomic E-state index is 0.148. The van der Waals surface area contributed by atoms with Crippen LogP contribution < -0.4 is 0 Å². The quantitative estimate of drug-likeness (QED) is 0.777. The third kappa shape index (κ3) is 3.64. The summed E-state index contributed by atoms with van der Waals surface area (Å²) >= 11 is 0. The zero-order chi connectivity index (χ0) is 19.8. The number of amides is 1. The predicted molar refractivity (Wildman–Crippen MR) is 96.9 cm³/mol. The van der Waals surface area contributed by atoms with Gasteiger partial charge in [-0.2, -0.15) is 13.2 Å². The highest BCUT2D eigenvalue weighted by atomic mass is 19.4. The molecule has 148 valence electrons. The second-order valence-electron chi connectivity index (χ2n) is 7.18. The van der Waals surface area contributed by atoms with Crippen LogP contribution in [-0.2, 0) is 15.7 Å². The van der Waals surface area contributed by atoms with E-state index in [1.807, 2.05) is 0 Å². The van der Waals surface area contributed by atoms with Crippen LogP contribution in [0.1, 0.15) is 22.3 Å². The standard InChI is InChI=1S/C21H20F3NO3/c22-21(23,24)16-7-5-15(6-8-16)17-3-1-2-4-18(17)19(26)25-10-12-28-20(13-25)9-11-27-14-20/h1-8H,9-14H2. The molecule has 28 heavy (non-hydrogen) atoms. The molecule has 0 bridgehead atoms. The first-order valence-corrected chi connectivity index (χ1v) is 9.16. The Morgan fingerprint density at radius 3 is 2.46 bits per heavy atom. The Morgan fingerprint density at radius 1 is 1.04 bits per heavy atom. The van der Waals surface area contributed by atoms with Crippen molar-refractivity contribution in [2.24, 2.45) is 0 Å². The van der Waals surface area contributed by atoms with Crippen LogP contribution in [0.5, 0.6) is 0 Å². The van der Waals surface area contributed by atoms with Crippen molar-refractivity contribution in [3.8, 4) is 11.1 Å². The molecule has 7 heteroatoms. The van der Waals surface area contributed by atoms with Gasteiger partial charge in [-0.05, 0) is 29.3 Å². The monoisotopic (exact) mass is 391 g/mol. The Balaban J connectivity index is 1.61. The number of halogens is 3. The van der Waals surface area contributed by atoms with Gasteiger partial charge in [0.1, 0.15) is 5.60 Å². The fourth-order valence-corrected chi connectivity index (χ4v) is 3.78. The Hall–Kier alpha value is -2.38. The smallest absolute Gasteiger partial charge is 0.378 e. The zero-order valence-corrected chi connectivity index (χ0v) is 15.2. The van der Waals surface area contributed by atoms with Crippen molar-refractivity contribution < 1.29 is 27.4 Å². The zero-order valence-electron chi connectivity index (χ0n) is 15.2. The Kier molecular flexibility index (Phi) is 4.89. The summed E-state index contributed by atoms with van der Waals surface area (Å²) in [6, 6.07) is 11.9. The summed E-state index contributed by atoms with van der Waals surface area (Å²) < 4.78 is 49.8. The number of hydrogen-bond acceptors (Lipinski definition) is 3. The lowest BCUT2D eigenvalue weighted by Gasteiger charge is -2.39. The average Bonchev–Trinajstić information content (AvgIpc) is 3.14. The maximum absolute atomic E-state index is 13.2. The second-order valence-corrected chi connectivity index (χ2v) is 7.18. The third-order valence-electron chi connectivity index (χ3n) is 5.28. The minimum atomic E-state index is -4.39. The van der Waals surface area contributed by atoms with E-state index in [4.69, 9.17) is 9.47 Å². The van der Waals surface area contributed by atoms with E-state index in [1.165, 1.54) is 12.1 Å². The van der Waals surface area contributed by atoms with Crippen molar-refractivity contribution >= 4 is 5.91 Å². The molecule has 4 nitrogen and oxygen atoms in total. The van der Waals surface area contributed by atoms with E-state index >= 15 is 0 Å². The van der Waals surface area contributed by atoms with Crippen molar-refractivity contribution in [1.29, 1.82) is 0 Å². The Bertz CT molecular complexity index is 858. The molecular weight excluding hydrogens is 371 g/mol. The molecular formula is C21H20F3NO3. The molecule has 2 heterocycles. The predicted octanol–water partition coefficient (Wildman–Crippen LogP) is 4.00. The van der Waals surface area contributed by atoms with Crippen LogP contribution in [0.3, 0.4) is 0 Å². The highest BCUT2D eigenvalue weighted by Crippen LogP contribution is 2.33. The van der Waals surface area contributed by atoms with Crippen molar-refractivity contribution in [2.75, 3.05) is 32.9 Å². The molecule has 2 fully saturated rings. The van der Waals surface area contributed by atoms with Gasteiger partial charge in [0, 0.05) is 25.1 Å². The lowest BCUT2D eigenvalue weighted by atomic mass is 9.96. The Morgan fingerprint density at radius 2 is 1.79 bits per heavy atom. The van der Waals surface area contributed by atoms with Crippen molar-refractivity contribution in [2.45, 2.75) is 18.2 Å². The first kappa shape index (κ1) is 19.0. The van der Waals surface area contributed by atoms with E-state index in [0.717, 1.165) is 18.6 Å². The van der Waals surface area contributed by atoms with Gasteiger partial charge >= 0.3 is 6.18 Å². The van der Waals surface area contributed by atoms with Gasteiger partial charge in [-0.25, -0.2) is 0 Å². The number of nitrogens with zero attached hydrogens (tertiary/aromatic N) is 1. The summed E-state index contributed by atoms with van der Waals surface area (Å²) in [6.45, 7) is 2.45. The number of carbonyl (C=O) groups is 1. The number of benzene rings is 2. The number of carbonyl (C=O) groups excluding carboxylic acids is 1. The molecule has 0 radical (unpaired) electrons. The van der Waals surface area contributed by atoms with E-state index in [1.54, 1.807) is 29.2 Å². The topological polar surface area (TPSA) is 38.8 Å². The molecule has 2 aliphatic rings. The van der Waals surface area contributed by atoms with Crippen LogP contribution in [0, 0.1) is 0 Å². The number of alkyl halides is 3. The van der Waals surface area contributed by atoms with Gasteiger partial charge in [0.05, 0.1) is 25.3 Å². The molecule has 2 aliphatic heterocycles. The molecule has 0 N–H and O–H groups in total. The third-order valence-corrected chi connectivity index (χ3v) is 5.28. The summed E-state index contributed by atoms with van der Waals surface area (Å²) in [5, 5.41) is 0. The Labute approximate surface area is 160 Å². The second kappa shape index (κ2) is 7.22. The first-order chi connectivity index (χ1) is 13.4. The van der Waals surface area contributed by atoms with Crippen LogP contribution in [0.2, 0.25) is 0 Å². The maximum Gasteiger partial charge on any atom is 0.416 e. The lowest BCUT2D eigenvalue weighted by molar-refractivity contribution is -0.137. The molecule has 0 aliphatic carbocycles. The van der Waals surface area contributed by atoms with Gasteiger partial charge in [0.25, 0.3) is 5.91 Å². The largest absolute Gasteiger partial charge is 0.416 e. The van der Waals surface area contributed by atoms with Crippen LogP contribution in [0.25, 0.3) is 11.1 Å². The average molecular weight is 391 g/mol. The molecule has 2 saturated heterocycles. The molecule has 1 unspecified atom stereocenters. The van der Waals surface area contributed by atoms with E-state index < -0.39 is 17.3 Å². The number of ether oxygens (including phenoxy) is 2. The summed E-state index contributed by atoms with van der Waals surface area (Å²) in [4.78, 5) is 15.0. The van der Waals surface area contributed by atoms with Gasteiger partial charge in [-0.15, -0.1) is 0 Å². The van der Waals surface area contributed by atoms with E-state index in [-0.39, 0.29) is 5.91 Å². The van der Waals surface area contributed by atoms with Crippen molar-refractivity contribution in [3.63, 3.8) is 0 Å².